The third-order valence-electron chi connectivity index (χ3n) is 4.09. The molecule has 0 aliphatic rings. The van der Waals surface area contributed by atoms with Crippen molar-refractivity contribution in [1.82, 2.24) is 0 Å². The molecule has 3 aromatic carbocycles. The van der Waals surface area contributed by atoms with Gasteiger partial charge in [-0.15, -0.1) is 0 Å². The first-order valence-electron chi connectivity index (χ1n) is 8.24. The van der Waals surface area contributed by atoms with E-state index >= 15 is 0 Å². The maximum Gasteiger partial charge on any atom is 0.127 e. The second kappa shape index (κ2) is 7.61. The zero-order valence-corrected chi connectivity index (χ0v) is 15.5. The topological polar surface area (TPSA) is 0 Å². The number of hydrogen-bond acceptors (Lipinski definition) is 0. The third-order valence-corrected chi connectivity index (χ3v) is 8.17. The molecule has 0 spiro atoms. The molecule has 0 aliphatic heterocycles. The van der Waals surface area contributed by atoms with Gasteiger partial charge in [-0.1, -0.05) is 30.4 Å². The highest BCUT2D eigenvalue weighted by Crippen LogP contribution is 2.69. The van der Waals surface area contributed by atoms with E-state index in [2.05, 4.69) is 6.58 Å². The lowest BCUT2D eigenvalue weighted by atomic mass is 10.3. The number of benzene rings is 3. The molecule has 0 atom stereocenters. The van der Waals surface area contributed by atoms with Crippen LogP contribution in [0.5, 0.6) is 0 Å². The van der Waals surface area contributed by atoms with Crippen LogP contribution >= 0.6 is 10.0 Å². The van der Waals surface area contributed by atoms with Crippen molar-refractivity contribution in [2.45, 2.75) is 21.6 Å². The fourth-order valence-electron chi connectivity index (χ4n) is 3.14. The Labute approximate surface area is 157 Å². The molecule has 0 saturated heterocycles. The summed E-state index contributed by atoms with van der Waals surface area (Å²) in [5.41, 5.74) is 0.739. The highest BCUT2D eigenvalue weighted by Gasteiger charge is 2.33. The van der Waals surface area contributed by atoms with E-state index in [-0.39, 0.29) is 0 Å². The van der Waals surface area contributed by atoms with Crippen molar-refractivity contribution >= 4 is 10.0 Å². The van der Waals surface area contributed by atoms with Crippen molar-refractivity contribution in [2.75, 3.05) is 5.75 Å². The Hall–Kier alpha value is -2.53. The minimum absolute atomic E-state index is 0.308. The fourth-order valence-corrected chi connectivity index (χ4v) is 7.07. The standard InChI is InChI=1S/C22H18F4S/c1-15(2)14-27(20-6-4-3-5-7-20,21-10-16(23)8-17(24)11-21)22-12-18(25)9-19(26)13-22/h3-13H,1,14H2,2H3. The SMILES string of the molecule is C=C(C)CS(c1ccccc1)(c1cc(F)cc(F)c1)c1cc(F)cc(F)c1. The van der Waals surface area contributed by atoms with Gasteiger partial charge in [0.25, 0.3) is 0 Å². The Morgan fingerprint density at radius 1 is 0.704 bits per heavy atom. The van der Waals surface area contributed by atoms with Crippen molar-refractivity contribution in [3.63, 3.8) is 0 Å². The summed E-state index contributed by atoms with van der Waals surface area (Å²) in [5.74, 6) is -2.65. The van der Waals surface area contributed by atoms with Crippen LogP contribution in [-0.4, -0.2) is 5.75 Å². The van der Waals surface area contributed by atoms with Gasteiger partial charge in [-0.2, -0.15) is 10.0 Å². The van der Waals surface area contributed by atoms with Gasteiger partial charge in [0.05, 0.1) is 0 Å². The third kappa shape index (κ3) is 3.93. The highest BCUT2D eigenvalue weighted by molar-refractivity contribution is 8.34. The average molecular weight is 390 g/mol. The van der Waals surface area contributed by atoms with E-state index < -0.39 is 33.3 Å². The summed E-state index contributed by atoms with van der Waals surface area (Å²) >= 11 is 0. The zero-order chi connectivity index (χ0) is 19.6. The second-order valence-corrected chi connectivity index (χ2v) is 9.55. The Balaban J connectivity index is 2.43. The first-order valence-corrected chi connectivity index (χ1v) is 10.0. The minimum Gasteiger partial charge on any atom is -0.207 e. The van der Waals surface area contributed by atoms with Gasteiger partial charge in [-0.05, 0) is 48.2 Å². The molecule has 0 nitrogen and oxygen atoms in total. The summed E-state index contributed by atoms with van der Waals surface area (Å²) in [4.78, 5) is 1.43. The van der Waals surface area contributed by atoms with Crippen LogP contribution in [0, 0.1) is 23.3 Å². The van der Waals surface area contributed by atoms with Crippen molar-refractivity contribution in [3.05, 3.63) is 102 Å². The van der Waals surface area contributed by atoms with Crippen LogP contribution in [-0.2, 0) is 0 Å². The van der Waals surface area contributed by atoms with Crippen LogP contribution in [0.3, 0.4) is 0 Å². The molecule has 27 heavy (non-hydrogen) atoms. The molecule has 0 amide bonds. The van der Waals surface area contributed by atoms with Crippen LogP contribution in [0.15, 0.2) is 93.6 Å². The summed E-state index contributed by atoms with van der Waals surface area (Å²) in [6.45, 7) is 5.74. The Morgan fingerprint density at radius 2 is 1.11 bits per heavy atom. The first-order chi connectivity index (χ1) is 12.8. The van der Waals surface area contributed by atoms with Crippen LogP contribution < -0.4 is 0 Å². The predicted molar refractivity (Wildman–Crippen MR) is 101 cm³/mol. The first kappa shape index (κ1) is 19.2. The molecule has 0 fully saturated rings. The molecule has 0 bridgehead atoms. The van der Waals surface area contributed by atoms with E-state index in [0.29, 0.717) is 15.5 Å². The Morgan fingerprint density at radius 3 is 1.48 bits per heavy atom. The monoisotopic (exact) mass is 390 g/mol. The normalized spacial score (nSPS) is 12.0. The van der Waals surface area contributed by atoms with E-state index in [0.717, 1.165) is 22.6 Å². The van der Waals surface area contributed by atoms with Crippen LogP contribution in [0.4, 0.5) is 17.6 Å². The summed E-state index contributed by atoms with van der Waals surface area (Å²) in [7, 11) is -2.38. The number of halogens is 4. The Bertz CT molecular complexity index is 891. The maximum absolute atomic E-state index is 14.1. The van der Waals surface area contributed by atoms with Gasteiger partial charge in [-0.25, -0.2) is 17.6 Å². The van der Waals surface area contributed by atoms with Gasteiger partial charge in [0.15, 0.2) is 0 Å². The number of rotatable bonds is 5. The Kier molecular flexibility index (Phi) is 5.42. The van der Waals surface area contributed by atoms with Gasteiger partial charge >= 0.3 is 0 Å². The smallest absolute Gasteiger partial charge is 0.127 e. The molecule has 3 aromatic rings. The molecule has 0 aromatic heterocycles. The lowest BCUT2D eigenvalue weighted by Crippen LogP contribution is -2.10. The lowest BCUT2D eigenvalue weighted by Gasteiger charge is -2.42. The summed E-state index contributed by atoms with van der Waals surface area (Å²) in [5, 5.41) is 0. The summed E-state index contributed by atoms with van der Waals surface area (Å²) in [6.07, 6.45) is 0. The lowest BCUT2D eigenvalue weighted by molar-refractivity contribution is 0.576. The fraction of sp³-hybridized carbons (Fsp3) is 0.0909. The van der Waals surface area contributed by atoms with Crippen LogP contribution in [0.25, 0.3) is 0 Å². The molecule has 0 unspecified atom stereocenters. The number of hydrogen-bond donors (Lipinski definition) is 0. The molecule has 3 rings (SSSR count). The van der Waals surface area contributed by atoms with E-state index in [9.17, 15) is 17.6 Å². The molecule has 0 heterocycles. The van der Waals surface area contributed by atoms with Gasteiger partial charge in [-0.3, -0.25) is 0 Å². The molecule has 0 radical (unpaired) electrons. The van der Waals surface area contributed by atoms with Crippen LogP contribution in [0.1, 0.15) is 6.92 Å². The quantitative estimate of drug-likeness (QED) is 0.322. The highest BCUT2D eigenvalue weighted by atomic mass is 32.3. The van der Waals surface area contributed by atoms with Crippen molar-refractivity contribution in [2.24, 2.45) is 0 Å². The zero-order valence-electron chi connectivity index (χ0n) is 14.7. The van der Waals surface area contributed by atoms with E-state index in [1.54, 1.807) is 19.1 Å². The summed E-state index contributed by atoms with van der Waals surface area (Å²) < 4.78 is 56.4. The van der Waals surface area contributed by atoms with Crippen LogP contribution in [0.2, 0.25) is 0 Å². The molecular weight excluding hydrogens is 372 g/mol. The van der Waals surface area contributed by atoms with Gasteiger partial charge in [0.1, 0.15) is 23.3 Å². The maximum atomic E-state index is 14.1. The van der Waals surface area contributed by atoms with Gasteiger partial charge < -0.3 is 0 Å². The predicted octanol–water partition coefficient (Wildman–Crippen LogP) is 7.10. The van der Waals surface area contributed by atoms with E-state index in [1.807, 2.05) is 18.2 Å². The molecule has 5 heteroatoms. The molecule has 0 saturated carbocycles. The van der Waals surface area contributed by atoms with E-state index in [1.165, 1.54) is 24.3 Å². The summed E-state index contributed by atoms with van der Waals surface area (Å²) in [6, 6.07) is 15.5. The van der Waals surface area contributed by atoms with Crippen molar-refractivity contribution in [3.8, 4) is 0 Å². The molecule has 0 N–H and O–H groups in total. The van der Waals surface area contributed by atoms with Crippen molar-refractivity contribution < 1.29 is 17.6 Å². The molecule has 140 valence electrons. The molecule has 0 aliphatic carbocycles. The second-order valence-electron chi connectivity index (χ2n) is 6.36. The van der Waals surface area contributed by atoms with Gasteiger partial charge in [0, 0.05) is 27.7 Å². The van der Waals surface area contributed by atoms with E-state index in [4.69, 9.17) is 0 Å². The van der Waals surface area contributed by atoms with Gasteiger partial charge in [0.2, 0.25) is 0 Å². The van der Waals surface area contributed by atoms with Crippen molar-refractivity contribution in [1.29, 1.82) is 0 Å². The molecular formula is C22H18F4S. The minimum atomic E-state index is -2.38. The average Bonchev–Trinajstić information content (AvgIpc) is 2.58. The largest absolute Gasteiger partial charge is 0.207 e.